The molecule has 5 nitrogen and oxygen atoms in total. The number of nitro groups is 1. The van der Waals surface area contributed by atoms with Gasteiger partial charge in [-0.1, -0.05) is 19.9 Å². The van der Waals surface area contributed by atoms with Gasteiger partial charge in [-0.05, 0) is 31.1 Å². The standard InChI is InChI=1S/C14H17NO4/c1-4-5-8-19-11-6-7-13(15(17)18)12(9-11)14(16)10(2)3/h6-7,9H,2,4-5,8H2,1,3H3. The van der Waals surface area contributed by atoms with E-state index in [1.807, 2.05) is 6.92 Å². The van der Waals surface area contributed by atoms with Gasteiger partial charge in [0.2, 0.25) is 0 Å². The fraction of sp³-hybridized carbons (Fsp3) is 0.357. The molecular weight excluding hydrogens is 246 g/mol. The lowest BCUT2D eigenvalue weighted by Crippen LogP contribution is -2.06. The maximum Gasteiger partial charge on any atom is 0.280 e. The van der Waals surface area contributed by atoms with Crippen molar-refractivity contribution in [1.29, 1.82) is 0 Å². The minimum absolute atomic E-state index is 0.0199. The van der Waals surface area contributed by atoms with Crippen molar-refractivity contribution >= 4 is 11.5 Å². The molecule has 19 heavy (non-hydrogen) atoms. The first-order valence-electron chi connectivity index (χ1n) is 6.08. The number of ether oxygens (including phenoxy) is 1. The molecule has 0 spiro atoms. The molecule has 0 saturated heterocycles. The molecule has 0 amide bonds. The van der Waals surface area contributed by atoms with E-state index in [1.165, 1.54) is 25.1 Å². The Bertz CT molecular complexity index is 508. The highest BCUT2D eigenvalue weighted by Gasteiger charge is 2.21. The second-order valence-corrected chi connectivity index (χ2v) is 4.25. The number of allylic oxidation sites excluding steroid dienone is 1. The Kier molecular flexibility index (Phi) is 5.23. The number of rotatable bonds is 7. The quantitative estimate of drug-likeness (QED) is 0.248. The first-order chi connectivity index (χ1) is 8.97. The van der Waals surface area contributed by atoms with Crippen LogP contribution in [0.5, 0.6) is 5.75 Å². The van der Waals surface area contributed by atoms with Gasteiger partial charge < -0.3 is 4.74 Å². The van der Waals surface area contributed by atoms with Crippen LogP contribution in [0.4, 0.5) is 5.69 Å². The number of carbonyl (C=O) groups is 1. The second kappa shape index (κ2) is 6.68. The molecule has 0 heterocycles. The lowest BCUT2D eigenvalue weighted by Gasteiger charge is -2.07. The average Bonchev–Trinajstić information content (AvgIpc) is 2.37. The molecule has 1 rings (SSSR count). The van der Waals surface area contributed by atoms with Crippen molar-refractivity contribution in [3.63, 3.8) is 0 Å². The Hall–Kier alpha value is -2.17. The Morgan fingerprint density at radius 3 is 2.68 bits per heavy atom. The number of ketones is 1. The van der Waals surface area contributed by atoms with Crippen LogP contribution < -0.4 is 4.74 Å². The molecule has 0 unspecified atom stereocenters. The molecule has 0 bridgehead atoms. The highest BCUT2D eigenvalue weighted by Crippen LogP contribution is 2.26. The van der Waals surface area contributed by atoms with Crippen LogP contribution in [0.1, 0.15) is 37.0 Å². The number of unbranched alkanes of at least 4 members (excludes halogenated alkanes) is 1. The van der Waals surface area contributed by atoms with E-state index in [4.69, 9.17) is 4.74 Å². The first-order valence-corrected chi connectivity index (χ1v) is 6.08. The summed E-state index contributed by atoms with van der Waals surface area (Å²) >= 11 is 0. The summed E-state index contributed by atoms with van der Waals surface area (Å²) in [6.07, 6.45) is 1.88. The summed E-state index contributed by atoms with van der Waals surface area (Å²) in [6, 6.07) is 4.20. The van der Waals surface area contributed by atoms with Gasteiger partial charge in [0.15, 0.2) is 5.78 Å². The predicted molar refractivity (Wildman–Crippen MR) is 72.6 cm³/mol. The number of hydrogen-bond acceptors (Lipinski definition) is 4. The van der Waals surface area contributed by atoms with Crippen LogP contribution in [0.25, 0.3) is 0 Å². The SMILES string of the molecule is C=C(C)C(=O)c1cc(OCCCC)ccc1[N+](=O)[O-]. The zero-order valence-corrected chi connectivity index (χ0v) is 11.1. The molecule has 0 aliphatic rings. The van der Waals surface area contributed by atoms with Crippen molar-refractivity contribution in [2.75, 3.05) is 6.61 Å². The van der Waals surface area contributed by atoms with Crippen LogP contribution in [0.15, 0.2) is 30.4 Å². The normalized spacial score (nSPS) is 10.0. The molecule has 0 aliphatic carbocycles. The maximum absolute atomic E-state index is 11.9. The van der Waals surface area contributed by atoms with Crippen molar-refractivity contribution in [3.8, 4) is 5.75 Å². The summed E-state index contributed by atoms with van der Waals surface area (Å²) in [7, 11) is 0. The summed E-state index contributed by atoms with van der Waals surface area (Å²) in [5.41, 5.74) is 0.0520. The lowest BCUT2D eigenvalue weighted by atomic mass is 10.0. The van der Waals surface area contributed by atoms with Crippen LogP contribution >= 0.6 is 0 Å². The van der Waals surface area contributed by atoms with Gasteiger partial charge in [0, 0.05) is 6.07 Å². The molecule has 0 N–H and O–H groups in total. The number of nitro benzene ring substituents is 1. The van der Waals surface area contributed by atoms with Gasteiger partial charge in [0.25, 0.3) is 5.69 Å². The summed E-state index contributed by atoms with van der Waals surface area (Å²) in [4.78, 5) is 22.2. The number of benzene rings is 1. The van der Waals surface area contributed by atoms with E-state index in [1.54, 1.807) is 0 Å². The number of Topliss-reactive ketones (excluding diaryl/α,β-unsaturated/α-hetero) is 1. The first kappa shape index (κ1) is 14.9. The molecule has 1 aromatic carbocycles. The molecular formula is C14H17NO4. The molecule has 0 atom stereocenters. The lowest BCUT2D eigenvalue weighted by molar-refractivity contribution is -0.385. The van der Waals surface area contributed by atoms with Gasteiger partial charge in [0.1, 0.15) is 11.3 Å². The zero-order valence-electron chi connectivity index (χ0n) is 11.1. The number of nitrogens with zero attached hydrogens (tertiary/aromatic N) is 1. The monoisotopic (exact) mass is 263 g/mol. The van der Waals surface area contributed by atoms with Gasteiger partial charge in [-0.25, -0.2) is 0 Å². The van der Waals surface area contributed by atoms with Crippen molar-refractivity contribution in [2.24, 2.45) is 0 Å². The Morgan fingerprint density at radius 2 is 2.16 bits per heavy atom. The van der Waals surface area contributed by atoms with Gasteiger partial charge in [-0.2, -0.15) is 0 Å². The molecule has 0 aromatic heterocycles. The van der Waals surface area contributed by atoms with Gasteiger partial charge in [-0.15, -0.1) is 0 Å². The van der Waals surface area contributed by atoms with E-state index in [0.29, 0.717) is 12.4 Å². The third-order valence-corrected chi connectivity index (χ3v) is 2.56. The van der Waals surface area contributed by atoms with E-state index in [-0.39, 0.29) is 16.8 Å². The Balaban J connectivity index is 3.08. The zero-order chi connectivity index (χ0) is 14.4. The van der Waals surface area contributed by atoms with Crippen LogP contribution in [-0.2, 0) is 0 Å². The topological polar surface area (TPSA) is 69.4 Å². The molecule has 0 fully saturated rings. The number of hydrogen-bond donors (Lipinski definition) is 0. The summed E-state index contributed by atoms with van der Waals surface area (Å²) in [6.45, 7) is 7.61. The van der Waals surface area contributed by atoms with Crippen LogP contribution in [0, 0.1) is 10.1 Å². The average molecular weight is 263 g/mol. The fourth-order valence-electron chi connectivity index (χ4n) is 1.51. The summed E-state index contributed by atoms with van der Waals surface area (Å²) in [5.74, 6) is 0.0243. The van der Waals surface area contributed by atoms with Crippen molar-refractivity contribution in [1.82, 2.24) is 0 Å². The summed E-state index contributed by atoms with van der Waals surface area (Å²) < 4.78 is 5.45. The van der Waals surface area contributed by atoms with E-state index < -0.39 is 10.7 Å². The third kappa shape index (κ3) is 3.91. The van der Waals surface area contributed by atoms with Crippen molar-refractivity contribution in [2.45, 2.75) is 26.7 Å². The third-order valence-electron chi connectivity index (χ3n) is 2.56. The van der Waals surface area contributed by atoms with Gasteiger partial charge in [0.05, 0.1) is 11.5 Å². The molecule has 0 radical (unpaired) electrons. The minimum Gasteiger partial charge on any atom is -0.494 e. The van der Waals surface area contributed by atoms with Crippen molar-refractivity contribution < 1.29 is 14.5 Å². The smallest absolute Gasteiger partial charge is 0.280 e. The molecule has 5 heteroatoms. The van der Waals surface area contributed by atoms with Crippen LogP contribution in [0.2, 0.25) is 0 Å². The van der Waals surface area contributed by atoms with E-state index in [0.717, 1.165) is 12.8 Å². The largest absolute Gasteiger partial charge is 0.494 e. The predicted octanol–water partition coefficient (Wildman–Crippen LogP) is 3.53. The Labute approximate surface area is 112 Å². The van der Waals surface area contributed by atoms with E-state index in [2.05, 4.69) is 6.58 Å². The van der Waals surface area contributed by atoms with Gasteiger partial charge >= 0.3 is 0 Å². The number of carbonyl (C=O) groups excluding carboxylic acids is 1. The second-order valence-electron chi connectivity index (χ2n) is 4.25. The summed E-state index contributed by atoms with van der Waals surface area (Å²) in [5, 5.41) is 10.9. The van der Waals surface area contributed by atoms with Crippen molar-refractivity contribution in [3.05, 3.63) is 46.0 Å². The maximum atomic E-state index is 11.9. The van der Waals surface area contributed by atoms with Crippen LogP contribution in [-0.4, -0.2) is 17.3 Å². The van der Waals surface area contributed by atoms with E-state index >= 15 is 0 Å². The molecule has 102 valence electrons. The van der Waals surface area contributed by atoms with Crippen LogP contribution in [0.3, 0.4) is 0 Å². The highest BCUT2D eigenvalue weighted by molar-refractivity contribution is 6.10. The molecule has 0 aliphatic heterocycles. The highest BCUT2D eigenvalue weighted by atomic mass is 16.6. The van der Waals surface area contributed by atoms with Gasteiger partial charge in [-0.3, -0.25) is 14.9 Å². The Morgan fingerprint density at radius 1 is 1.47 bits per heavy atom. The molecule has 0 saturated carbocycles. The fourth-order valence-corrected chi connectivity index (χ4v) is 1.51. The van der Waals surface area contributed by atoms with E-state index in [9.17, 15) is 14.9 Å². The molecule has 1 aromatic rings. The minimum atomic E-state index is -0.577.